The molecular formula is C9H10O3S. The molecule has 1 heterocycles. The van der Waals surface area contributed by atoms with Crippen LogP contribution in [0.3, 0.4) is 0 Å². The number of aryl methyl sites for hydroxylation is 1. The van der Waals surface area contributed by atoms with Gasteiger partial charge in [0.25, 0.3) is 0 Å². The fraction of sp³-hybridized carbons (Fsp3) is 0.333. The van der Waals surface area contributed by atoms with Gasteiger partial charge in [-0.2, -0.15) is 0 Å². The number of epoxide rings is 1. The van der Waals surface area contributed by atoms with Crippen LogP contribution in [0.5, 0.6) is 0 Å². The predicted octanol–water partition coefficient (Wildman–Crippen LogP) is 1.13. The summed E-state index contributed by atoms with van der Waals surface area (Å²) in [6.45, 7) is 2.25. The van der Waals surface area contributed by atoms with Crippen molar-refractivity contribution in [3.05, 3.63) is 29.8 Å². The highest BCUT2D eigenvalue weighted by molar-refractivity contribution is 7.92. The molecule has 1 aromatic rings. The van der Waals surface area contributed by atoms with Gasteiger partial charge in [0.1, 0.15) is 0 Å². The molecule has 0 amide bonds. The summed E-state index contributed by atoms with van der Waals surface area (Å²) < 4.78 is 27.9. The average molecular weight is 198 g/mol. The molecule has 3 nitrogen and oxygen atoms in total. The summed E-state index contributed by atoms with van der Waals surface area (Å²) in [5, 5.41) is 0. The van der Waals surface area contributed by atoms with Crippen molar-refractivity contribution in [1.29, 1.82) is 0 Å². The van der Waals surface area contributed by atoms with Gasteiger partial charge in [-0.15, -0.1) is 0 Å². The summed E-state index contributed by atoms with van der Waals surface area (Å²) in [7, 11) is -3.20. The van der Waals surface area contributed by atoms with Crippen LogP contribution in [-0.4, -0.2) is 20.5 Å². The number of rotatable bonds is 2. The van der Waals surface area contributed by atoms with E-state index in [2.05, 4.69) is 0 Å². The third-order valence-corrected chi connectivity index (χ3v) is 3.89. The predicted molar refractivity (Wildman–Crippen MR) is 48.1 cm³/mol. The maximum absolute atomic E-state index is 11.6. The van der Waals surface area contributed by atoms with Crippen LogP contribution >= 0.6 is 0 Å². The second-order valence-corrected chi connectivity index (χ2v) is 5.21. The summed E-state index contributed by atoms with van der Waals surface area (Å²) in [5.41, 5.74) is 0.450. The summed E-state index contributed by atoms with van der Waals surface area (Å²) >= 11 is 0. The van der Waals surface area contributed by atoms with Gasteiger partial charge in [-0.25, -0.2) is 8.42 Å². The SMILES string of the molecule is Cc1ccc(S(=O)(=O)C2CO2)cc1. The van der Waals surface area contributed by atoms with Crippen molar-refractivity contribution >= 4 is 9.84 Å². The Hall–Kier alpha value is -0.870. The Morgan fingerprint density at radius 2 is 1.85 bits per heavy atom. The van der Waals surface area contributed by atoms with E-state index in [1.807, 2.05) is 6.92 Å². The first kappa shape index (κ1) is 8.72. The van der Waals surface area contributed by atoms with E-state index in [0.717, 1.165) is 5.56 Å². The van der Waals surface area contributed by atoms with E-state index < -0.39 is 15.3 Å². The topological polar surface area (TPSA) is 46.7 Å². The van der Waals surface area contributed by atoms with Crippen LogP contribution in [0.4, 0.5) is 0 Å². The molecule has 0 aromatic heterocycles. The van der Waals surface area contributed by atoms with Gasteiger partial charge in [0.15, 0.2) is 5.44 Å². The first-order valence-corrected chi connectivity index (χ1v) is 5.57. The van der Waals surface area contributed by atoms with Crippen molar-refractivity contribution in [1.82, 2.24) is 0 Å². The molecule has 13 heavy (non-hydrogen) atoms. The third kappa shape index (κ3) is 1.59. The van der Waals surface area contributed by atoms with Gasteiger partial charge in [-0.1, -0.05) is 17.7 Å². The molecule has 0 aliphatic carbocycles. The van der Waals surface area contributed by atoms with Gasteiger partial charge in [0, 0.05) is 0 Å². The van der Waals surface area contributed by atoms with Crippen molar-refractivity contribution in [3.8, 4) is 0 Å². The molecule has 1 fully saturated rings. The summed E-state index contributed by atoms with van der Waals surface area (Å²) in [6.07, 6.45) is 0. The van der Waals surface area contributed by atoms with Crippen LogP contribution < -0.4 is 0 Å². The molecule has 2 rings (SSSR count). The van der Waals surface area contributed by atoms with Crippen LogP contribution in [0.1, 0.15) is 5.56 Å². The number of hydrogen-bond acceptors (Lipinski definition) is 3. The average Bonchev–Trinajstić information content (AvgIpc) is 2.87. The zero-order chi connectivity index (χ0) is 9.47. The molecule has 4 heteroatoms. The molecule has 1 aliphatic rings. The molecule has 0 radical (unpaired) electrons. The molecule has 1 saturated heterocycles. The second kappa shape index (κ2) is 2.82. The fourth-order valence-corrected chi connectivity index (χ4v) is 2.35. The quantitative estimate of drug-likeness (QED) is 0.669. The standard InChI is InChI=1S/C9H10O3S/c1-7-2-4-8(5-3-7)13(10,11)9-6-12-9/h2-5,9H,6H2,1H3. The van der Waals surface area contributed by atoms with E-state index in [1.165, 1.54) is 0 Å². The Bertz CT molecular complexity index is 401. The molecule has 1 atom stereocenters. The van der Waals surface area contributed by atoms with Crippen molar-refractivity contribution in [3.63, 3.8) is 0 Å². The lowest BCUT2D eigenvalue weighted by Crippen LogP contribution is -2.07. The van der Waals surface area contributed by atoms with E-state index in [0.29, 0.717) is 11.5 Å². The van der Waals surface area contributed by atoms with Crippen LogP contribution in [0.25, 0.3) is 0 Å². The van der Waals surface area contributed by atoms with E-state index in [1.54, 1.807) is 24.3 Å². The zero-order valence-electron chi connectivity index (χ0n) is 7.23. The van der Waals surface area contributed by atoms with Crippen LogP contribution in [0, 0.1) is 6.92 Å². The molecular weight excluding hydrogens is 188 g/mol. The Labute approximate surface area is 77.3 Å². The maximum Gasteiger partial charge on any atom is 0.207 e. The van der Waals surface area contributed by atoms with Crippen molar-refractivity contribution < 1.29 is 13.2 Å². The summed E-state index contributed by atoms with van der Waals surface area (Å²) in [5.74, 6) is 0. The Morgan fingerprint density at radius 1 is 1.31 bits per heavy atom. The molecule has 0 saturated carbocycles. The van der Waals surface area contributed by atoms with Crippen LogP contribution in [-0.2, 0) is 14.6 Å². The van der Waals surface area contributed by atoms with Gasteiger partial charge in [0.05, 0.1) is 11.5 Å². The summed E-state index contributed by atoms with van der Waals surface area (Å²) in [4.78, 5) is 0.348. The number of ether oxygens (including phenoxy) is 1. The van der Waals surface area contributed by atoms with E-state index in [4.69, 9.17) is 4.74 Å². The van der Waals surface area contributed by atoms with Gasteiger partial charge < -0.3 is 4.74 Å². The van der Waals surface area contributed by atoms with Crippen molar-refractivity contribution in [2.45, 2.75) is 17.3 Å². The molecule has 1 aliphatic heterocycles. The third-order valence-electron chi connectivity index (χ3n) is 2.00. The highest BCUT2D eigenvalue weighted by Gasteiger charge is 2.38. The first-order chi connectivity index (χ1) is 6.10. The van der Waals surface area contributed by atoms with Gasteiger partial charge in [-0.05, 0) is 19.1 Å². The normalized spacial score (nSPS) is 21.5. The smallest absolute Gasteiger partial charge is 0.207 e. The monoisotopic (exact) mass is 198 g/mol. The number of sulfone groups is 1. The lowest BCUT2D eigenvalue weighted by molar-refractivity contribution is 0.445. The maximum atomic E-state index is 11.6. The minimum Gasteiger partial charge on any atom is -0.356 e. The van der Waals surface area contributed by atoms with Gasteiger partial charge in [-0.3, -0.25) is 0 Å². The first-order valence-electron chi connectivity index (χ1n) is 4.03. The summed E-state index contributed by atoms with van der Waals surface area (Å²) in [6, 6.07) is 6.81. The molecule has 1 unspecified atom stereocenters. The zero-order valence-corrected chi connectivity index (χ0v) is 8.04. The Balaban J connectivity index is 2.40. The molecule has 0 spiro atoms. The van der Waals surface area contributed by atoms with E-state index in [9.17, 15) is 8.42 Å². The van der Waals surface area contributed by atoms with Crippen molar-refractivity contribution in [2.75, 3.05) is 6.61 Å². The highest BCUT2D eigenvalue weighted by Crippen LogP contribution is 2.25. The molecule has 0 bridgehead atoms. The largest absolute Gasteiger partial charge is 0.356 e. The number of benzene rings is 1. The molecule has 70 valence electrons. The van der Waals surface area contributed by atoms with Gasteiger partial charge in [0.2, 0.25) is 9.84 Å². The lowest BCUT2D eigenvalue weighted by Gasteiger charge is -2.00. The second-order valence-electron chi connectivity index (χ2n) is 3.12. The Morgan fingerprint density at radius 3 is 2.31 bits per heavy atom. The fourth-order valence-electron chi connectivity index (χ4n) is 1.10. The lowest BCUT2D eigenvalue weighted by atomic mass is 10.2. The molecule has 1 aromatic carbocycles. The van der Waals surface area contributed by atoms with Crippen LogP contribution in [0.15, 0.2) is 29.2 Å². The minimum absolute atomic E-state index is 0.330. The van der Waals surface area contributed by atoms with E-state index in [-0.39, 0.29) is 0 Å². The molecule has 0 N–H and O–H groups in total. The van der Waals surface area contributed by atoms with Crippen LogP contribution in [0.2, 0.25) is 0 Å². The Kier molecular flexibility index (Phi) is 1.89. The minimum atomic E-state index is -3.20. The van der Waals surface area contributed by atoms with Gasteiger partial charge >= 0.3 is 0 Å². The van der Waals surface area contributed by atoms with E-state index >= 15 is 0 Å². The van der Waals surface area contributed by atoms with Crippen molar-refractivity contribution in [2.24, 2.45) is 0 Å². The highest BCUT2D eigenvalue weighted by atomic mass is 32.2. The number of hydrogen-bond donors (Lipinski definition) is 0.